The fourth-order valence-electron chi connectivity index (χ4n) is 5.18. The van der Waals surface area contributed by atoms with Gasteiger partial charge in [0.1, 0.15) is 0 Å². The fraction of sp³-hybridized carbons (Fsp3) is 0.321. The minimum absolute atomic E-state index is 0.0234. The quantitative estimate of drug-likeness (QED) is 0.485. The molecule has 1 aromatic heterocycles. The van der Waals surface area contributed by atoms with Gasteiger partial charge in [-0.1, -0.05) is 24.3 Å². The summed E-state index contributed by atoms with van der Waals surface area (Å²) in [6.07, 6.45) is 6.84. The molecule has 3 aromatic rings. The molecule has 2 aliphatic carbocycles. The van der Waals surface area contributed by atoms with Crippen molar-refractivity contribution in [3.8, 4) is 11.5 Å². The van der Waals surface area contributed by atoms with Gasteiger partial charge in [0.25, 0.3) is 0 Å². The number of benzene rings is 2. The number of pyridine rings is 1. The minimum atomic E-state index is -0.643. The van der Waals surface area contributed by atoms with Crippen LogP contribution in [0.25, 0.3) is 22.6 Å². The predicted molar refractivity (Wildman–Crippen MR) is 128 cm³/mol. The number of carbonyl (C=O) groups excluding carboxylic acids is 2. The van der Waals surface area contributed by atoms with Crippen LogP contribution in [0, 0.1) is 0 Å². The largest absolute Gasteiger partial charge is 0.454 e. The van der Waals surface area contributed by atoms with Crippen LogP contribution >= 0.6 is 0 Å². The highest BCUT2D eigenvalue weighted by atomic mass is 16.7. The van der Waals surface area contributed by atoms with Crippen LogP contribution in [0.1, 0.15) is 65.7 Å². The van der Waals surface area contributed by atoms with Crippen LogP contribution in [0.2, 0.25) is 0 Å². The molecule has 6 nitrogen and oxygen atoms in total. The van der Waals surface area contributed by atoms with Crippen molar-refractivity contribution in [1.29, 1.82) is 0 Å². The number of allylic oxidation sites excluding steroid dienone is 1. The van der Waals surface area contributed by atoms with E-state index in [9.17, 15) is 9.59 Å². The Labute approximate surface area is 197 Å². The smallest absolute Gasteiger partial charge is 0.339 e. The number of ether oxygens (including phenoxy) is 3. The molecule has 2 aromatic carbocycles. The van der Waals surface area contributed by atoms with Gasteiger partial charge in [-0.3, -0.25) is 4.79 Å². The Morgan fingerprint density at radius 1 is 1.00 bits per heavy atom. The summed E-state index contributed by atoms with van der Waals surface area (Å²) in [5.41, 5.74) is 5.12. The Morgan fingerprint density at radius 3 is 2.79 bits per heavy atom. The maximum Gasteiger partial charge on any atom is 0.339 e. The number of nitrogens with zero attached hydrogens (tertiary/aromatic N) is 1. The minimum Gasteiger partial charge on any atom is -0.454 e. The van der Waals surface area contributed by atoms with E-state index in [0.29, 0.717) is 18.4 Å². The number of rotatable bonds is 3. The van der Waals surface area contributed by atoms with Crippen LogP contribution in [0.5, 0.6) is 11.5 Å². The van der Waals surface area contributed by atoms with E-state index < -0.39 is 12.1 Å². The van der Waals surface area contributed by atoms with Crippen LogP contribution in [-0.2, 0) is 16.0 Å². The first-order valence-electron chi connectivity index (χ1n) is 11.9. The third kappa shape index (κ3) is 3.73. The van der Waals surface area contributed by atoms with E-state index in [2.05, 4.69) is 6.08 Å². The Bertz CT molecular complexity index is 1340. The number of hydrogen-bond donors (Lipinski definition) is 0. The number of para-hydroxylation sites is 1. The Hall–Kier alpha value is -3.67. The third-order valence-corrected chi connectivity index (χ3v) is 6.86. The van der Waals surface area contributed by atoms with E-state index in [-0.39, 0.29) is 12.6 Å². The second kappa shape index (κ2) is 8.60. The number of hydrogen-bond acceptors (Lipinski definition) is 6. The molecule has 6 heteroatoms. The number of ketones is 1. The summed E-state index contributed by atoms with van der Waals surface area (Å²) in [7, 11) is 0. The monoisotopic (exact) mass is 455 g/mol. The van der Waals surface area contributed by atoms with Crippen LogP contribution in [0.15, 0.2) is 42.5 Å². The molecule has 1 aliphatic heterocycles. The number of esters is 1. The van der Waals surface area contributed by atoms with Crippen LogP contribution in [0.4, 0.5) is 0 Å². The SMILES string of the molecule is O=C(O[C@H]1CCCCC1=O)c1c2c(nc3ccccc13)/C(=C/c1ccc3c(c1)OCO3)CCC2. The molecular weight excluding hydrogens is 430 g/mol. The van der Waals surface area contributed by atoms with E-state index in [1.807, 2.05) is 42.5 Å². The molecule has 3 aliphatic rings. The van der Waals surface area contributed by atoms with Gasteiger partial charge in [0, 0.05) is 11.8 Å². The van der Waals surface area contributed by atoms with Gasteiger partial charge < -0.3 is 14.2 Å². The molecule has 0 saturated heterocycles. The normalized spacial score (nSPS) is 20.4. The van der Waals surface area contributed by atoms with Crippen molar-refractivity contribution >= 4 is 34.3 Å². The average Bonchev–Trinajstić information content (AvgIpc) is 3.32. The highest BCUT2D eigenvalue weighted by Crippen LogP contribution is 2.38. The van der Waals surface area contributed by atoms with E-state index >= 15 is 0 Å². The van der Waals surface area contributed by atoms with E-state index in [0.717, 1.165) is 76.9 Å². The Morgan fingerprint density at radius 2 is 1.88 bits per heavy atom. The van der Waals surface area contributed by atoms with E-state index in [1.54, 1.807) is 0 Å². The number of fused-ring (bicyclic) bond motifs is 3. The average molecular weight is 456 g/mol. The van der Waals surface area contributed by atoms with Gasteiger partial charge in [-0.05, 0) is 79.5 Å². The molecule has 2 heterocycles. The zero-order chi connectivity index (χ0) is 23.1. The zero-order valence-electron chi connectivity index (χ0n) is 18.8. The maximum atomic E-state index is 13.5. The lowest BCUT2D eigenvalue weighted by atomic mass is 9.85. The fourth-order valence-corrected chi connectivity index (χ4v) is 5.18. The summed E-state index contributed by atoms with van der Waals surface area (Å²) < 4.78 is 16.8. The number of aromatic nitrogens is 1. The Kier molecular flexibility index (Phi) is 5.28. The van der Waals surface area contributed by atoms with Gasteiger partial charge in [-0.25, -0.2) is 9.78 Å². The van der Waals surface area contributed by atoms with Crippen molar-refractivity contribution < 1.29 is 23.8 Å². The van der Waals surface area contributed by atoms with Crippen molar-refractivity contribution in [2.45, 2.75) is 51.0 Å². The molecule has 0 bridgehead atoms. The van der Waals surface area contributed by atoms with E-state index in [1.165, 1.54) is 0 Å². The molecule has 1 fully saturated rings. The molecule has 0 spiro atoms. The molecule has 1 atom stereocenters. The molecule has 0 N–H and O–H groups in total. The molecule has 0 amide bonds. The number of Topliss-reactive ketones (excluding diaryl/α,β-unsaturated/α-hetero) is 1. The van der Waals surface area contributed by atoms with Crippen LogP contribution in [-0.4, -0.2) is 29.6 Å². The maximum absolute atomic E-state index is 13.5. The molecule has 34 heavy (non-hydrogen) atoms. The van der Waals surface area contributed by atoms with E-state index in [4.69, 9.17) is 19.2 Å². The van der Waals surface area contributed by atoms with Crippen LogP contribution in [0.3, 0.4) is 0 Å². The summed E-state index contributed by atoms with van der Waals surface area (Å²) in [6.45, 7) is 0.237. The summed E-state index contributed by atoms with van der Waals surface area (Å²) in [5, 5.41) is 0.777. The lowest BCUT2D eigenvalue weighted by Crippen LogP contribution is -2.30. The second-order valence-electron chi connectivity index (χ2n) is 9.07. The first-order chi connectivity index (χ1) is 16.7. The molecular formula is C28H25NO5. The lowest BCUT2D eigenvalue weighted by Gasteiger charge is -2.25. The van der Waals surface area contributed by atoms with Crippen molar-refractivity contribution in [3.05, 3.63) is 64.8 Å². The van der Waals surface area contributed by atoms with Gasteiger partial charge >= 0.3 is 5.97 Å². The first-order valence-corrected chi connectivity index (χ1v) is 11.9. The molecule has 1 saturated carbocycles. The van der Waals surface area contributed by atoms with Crippen LogP contribution < -0.4 is 9.47 Å². The Balaban J connectivity index is 1.44. The van der Waals surface area contributed by atoms with Gasteiger partial charge in [-0.15, -0.1) is 0 Å². The van der Waals surface area contributed by atoms with Gasteiger partial charge in [-0.2, -0.15) is 0 Å². The van der Waals surface area contributed by atoms with Crippen molar-refractivity contribution in [1.82, 2.24) is 4.98 Å². The first kappa shape index (κ1) is 20.9. The summed E-state index contributed by atoms with van der Waals surface area (Å²) >= 11 is 0. The highest BCUT2D eigenvalue weighted by molar-refractivity contribution is 6.07. The predicted octanol–water partition coefficient (Wildman–Crippen LogP) is 5.51. The molecule has 0 radical (unpaired) electrons. The zero-order valence-corrected chi connectivity index (χ0v) is 18.8. The highest BCUT2D eigenvalue weighted by Gasteiger charge is 2.30. The third-order valence-electron chi connectivity index (χ3n) is 6.86. The molecule has 172 valence electrons. The van der Waals surface area contributed by atoms with Gasteiger partial charge in [0.15, 0.2) is 23.4 Å². The summed E-state index contributed by atoms with van der Waals surface area (Å²) in [5.74, 6) is 1.09. The van der Waals surface area contributed by atoms with Gasteiger partial charge in [0.05, 0.1) is 16.8 Å². The van der Waals surface area contributed by atoms with Gasteiger partial charge in [0.2, 0.25) is 6.79 Å². The topological polar surface area (TPSA) is 74.7 Å². The summed E-state index contributed by atoms with van der Waals surface area (Å²) in [6, 6.07) is 13.5. The molecule has 6 rings (SSSR count). The van der Waals surface area contributed by atoms with Crippen molar-refractivity contribution in [2.24, 2.45) is 0 Å². The number of carbonyl (C=O) groups is 2. The van der Waals surface area contributed by atoms with Crippen molar-refractivity contribution in [2.75, 3.05) is 6.79 Å². The summed E-state index contributed by atoms with van der Waals surface area (Å²) in [4.78, 5) is 30.8. The lowest BCUT2D eigenvalue weighted by molar-refractivity contribution is -0.129. The molecule has 0 unspecified atom stereocenters. The van der Waals surface area contributed by atoms with Crippen molar-refractivity contribution in [3.63, 3.8) is 0 Å². The standard InChI is InChI=1S/C28H25NO5/c30-22-10-3-4-11-23(22)34-28(31)26-19-7-1-2-9-21(19)29-27-18(6-5-8-20(26)27)14-17-12-13-24-25(15-17)33-16-32-24/h1-2,7,9,12-15,23H,3-6,8,10-11,16H2/b18-14+/t23-/m0/s1. The second-order valence-corrected chi connectivity index (χ2v) is 9.07.